The van der Waals surface area contributed by atoms with E-state index in [0.717, 1.165) is 11.3 Å². The number of para-hydroxylation sites is 2. The summed E-state index contributed by atoms with van der Waals surface area (Å²) in [6, 6.07) is 6.13. The highest BCUT2D eigenvalue weighted by atomic mass is 32.1. The van der Waals surface area contributed by atoms with Gasteiger partial charge in [0.2, 0.25) is 0 Å². The number of methoxy groups -OCH3 is 1. The van der Waals surface area contributed by atoms with Crippen molar-refractivity contribution in [2.24, 2.45) is 5.73 Å². The molecule has 0 bridgehead atoms. The second-order valence-electron chi connectivity index (χ2n) is 4.04. The van der Waals surface area contributed by atoms with Crippen molar-refractivity contribution in [2.45, 2.75) is 6.42 Å². The molecule has 2 rings (SSSR count). The number of benzene rings is 1. The molecule has 110 valence electrons. The molecule has 0 aliphatic carbocycles. The lowest BCUT2D eigenvalue weighted by molar-refractivity contribution is -0.136. The number of hydrogen-bond acceptors (Lipinski definition) is 5. The molecule has 2 amide bonds. The number of anilines is 2. The zero-order valence-corrected chi connectivity index (χ0v) is 12.0. The molecule has 3 N–H and O–H groups in total. The van der Waals surface area contributed by atoms with E-state index in [2.05, 4.69) is 4.98 Å². The molecular weight excluding hydrogens is 294 g/mol. The number of amides is 2. The third-order valence-corrected chi connectivity index (χ3v) is 3.48. The van der Waals surface area contributed by atoms with Crippen LogP contribution in [0.15, 0.2) is 29.6 Å². The Morgan fingerprint density at radius 3 is 2.76 bits per heavy atom. The van der Waals surface area contributed by atoms with Gasteiger partial charge in [-0.3, -0.25) is 4.79 Å². The second kappa shape index (κ2) is 6.23. The van der Waals surface area contributed by atoms with Crippen LogP contribution >= 0.6 is 11.3 Å². The van der Waals surface area contributed by atoms with Crippen molar-refractivity contribution >= 4 is 34.2 Å². The number of nitrogens with zero attached hydrogens (tertiary/aromatic N) is 2. The van der Waals surface area contributed by atoms with E-state index in [1.165, 1.54) is 12.0 Å². The van der Waals surface area contributed by atoms with Crippen LogP contribution < -0.4 is 15.4 Å². The highest BCUT2D eigenvalue weighted by Gasteiger charge is 2.22. The molecule has 0 fully saturated rings. The zero-order chi connectivity index (χ0) is 15.4. The van der Waals surface area contributed by atoms with Gasteiger partial charge < -0.3 is 15.6 Å². The van der Waals surface area contributed by atoms with Crippen LogP contribution in [0.1, 0.15) is 5.69 Å². The number of carbonyl (C=O) groups excluding carboxylic acids is 1. The standard InChI is InChI=1S/C13H13N3O4S/c1-20-10-5-3-2-4-9(10)16(12(14)19)13-15-8(7-21-13)6-11(17)18/h2-5,7H,6H2,1H3,(H2,14,19)(H,17,18). The molecule has 0 radical (unpaired) electrons. The lowest BCUT2D eigenvalue weighted by Gasteiger charge is -2.19. The van der Waals surface area contributed by atoms with Crippen molar-refractivity contribution in [2.75, 3.05) is 12.0 Å². The Bertz CT molecular complexity index is 671. The third kappa shape index (κ3) is 3.29. The van der Waals surface area contributed by atoms with Gasteiger partial charge in [-0.05, 0) is 12.1 Å². The summed E-state index contributed by atoms with van der Waals surface area (Å²) >= 11 is 1.14. The SMILES string of the molecule is COc1ccccc1N(C(N)=O)c1nc(CC(=O)O)cs1. The summed E-state index contributed by atoms with van der Waals surface area (Å²) in [5.74, 6) is -0.527. The number of rotatable bonds is 5. The van der Waals surface area contributed by atoms with Crippen molar-refractivity contribution in [3.8, 4) is 5.75 Å². The molecule has 0 aliphatic rings. The first-order valence-corrected chi connectivity index (χ1v) is 6.79. The highest BCUT2D eigenvalue weighted by molar-refractivity contribution is 7.14. The minimum Gasteiger partial charge on any atom is -0.495 e. The maximum atomic E-state index is 11.7. The van der Waals surface area contributed by atoms with Crippen LogP contribution in [0.2, 0.25) is 0 Å². The highest BCUT2D eigenvalue weighted by Crippen LogP contribution is 2.35. The molecule has 21 heavy (non-hydrogen) atoms. The number of primary amides is 1. The molecule has 0 unspecified atom stereocenters. The average molecular weight is 307 g/mol. The number of carboxylic acid groups (broad SMARTS) is 1. The number of carboxylic acids is 1. The monoisotopic (exact) mass is 307 g/mol. The fraction of sp³-hybridized carbons (Fsp3) is 0.154. The zero-order valence-electron chi connectivity index (χ0n) is 11.1. The van der Waals surface area contributed by atoms with Crippen molar-refractivity contribution in [1.29, 1.82) is 0 Å². The van der Waals surface area contributed by atoms with Gasteiger partial charge in [-0.1, -0.05) is 12.1 Å². The fourth-order valence-electron chi connectivity index (χ4n) is 1.77. The van der Waals surface area contributed by atoms with Crippen molar-refractivity contribution in [1.82, 2.24) is 4.98 Å². The summed E-state index contributed by atoms with van der Waals surface area (Å²) in [6.45, 7) is 0. The largest absolute Gasteiger partial charge is 0.495 e. The van der Waals surface area contributed by atoms with Gasteiger partial charge in [-0.25, -0.2) is 14.7 Å². The summed E-state index contributed by atoms with van der Waals surface area (Å²) in [6.07, 6.45) is -0.213. The summed E-state index contributed by atoms with van der Waals surface area (Å²) in [4.78, 5) is 27.8. The molecule has 0 aliphatic heterocycles. The Kier molecular flexibility index (Phi) is 4.39. The van der Waals surface area contributed by atoms with Gasteiger partial charge in [0.15, 0.2) is 5.13 Å². The van der Waals surface area contributed by atoms with Gasteiger partial charge in [-0.15, -0.1) is 11.3 Å². The van der Waals surface area contributed by atoms with Gasteiger partial charge >= 0.3 is 12.0 Å². The van der Waals surface area contributed by atoms with Gasteiger partial charge in [0.05, 0.1) is 24.9 Å². The lowest BCUT2D eigenvalue weighted by Crippen LogP contribution is -2.31. The number of hydrogen-bond donors (Lipinski definition) is 2. The third-order valence-electron chi connectivity index (χ3n) is 2.61. The molecule has 1 aromatic carbocycles. The van der Waals surface area contributed by atoms with Crippen molar-refractivity contribution in [3.05, 3.63) is 35.3 Å². The van der Waals surface area contributed by atoms with Crippen LogP contribution in [0.4, 0.5) is 15.6 Å². The smallest absolute Gasteiger partial charge is 0.325 e. The van der Waals surface area contributed by atoms with Crippen LogP contribution in [-0.2, 0) is 11.2 Å². The molecule has 0 atom stereocenters. The molecule has 1 heterocycles. The summed E-state index contributed by atoms with van der Waals surface area (Å²) < 4.78 is 5.20. The van der Waals surface area contributed by atoms with E-state index >= 15 is 0 Å². The minimum atomic E-state index is -0.991. The quantitative estimate of drug-likeness (QED) is 0.878. The van der Waals surface area contributed by atoms with Gasteiger partial charge in [-0.2, -0.15) is 0 Å². The first-order valence-electron chi connectivity index (χ1n) is 5.91. The van der Waals surface area contributed by atoms with Gasteiger partial charge in [0.1, 0.15) is 5.75 Å². The maximum Gasteiger partial charge on any atom is 0.325 e. The maximum absolute atomic E-state index is 11.7. The average Bonchev–Trinajstić information content (AvgIpc) is 2.86. The Labute approximate surface area is 124 Å². The predicted octanol–water partition coefficient (Wildman–Crippen LogP) is 2.00. The van der Waals surface area contributed by atoms with E-state index in [0.29, 0.717) is 22.3 Å². The number of urea groups is 1. The van der Waals surface area contributed by atoms with Crippen LogP contribution in [-0.4, -0.2) is 29.2 Å². The van der Waals surface area contributed by atoms with Crippen LogP contribution in [0.5, 0.6) is 5.75 Å². The van der Waals surface area contributed by atoms with E-state index < -0.39 is 12.0 Å². The Hall–Kier alpha value is -2.61. The lowest BCUT2D eigenvalue weighted by atomic mass is 10.2. The molecule has 0 saturated carbocycles. The molecule has 7 nitrogen and oxygen atoms in total. The number of nitrogens with two attached hydrogens (primary N) is 1. The van der Waals surface area contributed by atoms with Gasteiger partial charge in [0, 0.05) is 5.38 Å². The Morgan fingerprint density at radius 2 is 2.14 bits per heavy atom. The van der Waals surface area contributed by atoms with E-state index in [1.807, 2.05) is 0 Å². The fourth-order valence-corrected chi connectivity index (χ4v) is 2.61. The minimum absolute atomic E-state index is 0.213. The Balaban J connectivity index is 2.42. The Morgan fingerprint density at radius 1 is 1.43 bits per heavy atom. The van der Waals surface area contributed by atoms with Crippen LogP contribution in [0, 0.1) is 0 Å². The first kappa shape index (κ1) is 14.8. The second-order valence-corrected chi connectivity index (χ2v) is 4.87. The first-order chi connectivity index (χ1) is 10.0. The summed E-state index contributed by atoms with van der Waals surface area (Å²) in [7, 11) is 1.48. The molecule has 2 aromatic rings. The normalized spacial score (nSPS) is 10.1. The molecule has 0 spiro atoms. The van der Waals surface area contributed by atoms with E-state index in [4.69, 9.17) is 15.6 Å². The molecule has 0 saturated heterocycles. The van der Waals surface area contributed by atoms with E-state index in [9.17, 15) is 9.59 Å². The number of aliphatic carboxylic acids is 1. The van der Waals surface area contributed by atoms with Crippen molar-refractivity contribution in [3.63, 3.8) is 0 Å². The number of carbonyl (C=O) groups is 2. The topological polar surface area (TPSA) is 106 Å². The van der Waals surface area contributed by atoms with Crippen LogP contribution in [0.3, 0.4) is 0 Å². The van der Waals surface area contributed by atoms with E-state index in [1.54, 1.807) is 29.6 Å². The number of ether oxygens (including phenoxy) is 1. The molecule has 1 aromatic heterocycles. The molecule has 8 heteroatoms. The number of aromatic nitrogens is 1. The van der Waals surface area contributed by atoms with Crippen molar-refractivity contribution < 1.29 is 19.4 Å². The summed E-state index contributed by atoms with van der Waals surface area (Å²) in [5, 5.41) is 10.6. The number of thiazole rings is 1. The van der Waals surface area contributed by atoms with E-state index in [-0.39, 0.29) is 6.42 Å². The summed E-state index contributed by atoms with van der Waals surface area (Å²) in [5.41, 5.74) is 6.23. The molecular formula is C13H13N3O4S. The van der Waals surface area contributed by atoms with Gasteiger partial charge in [0.25, 0.3) is 0 Å². The van der Waals surface area contributed by atoms with Crippen LogP contribution in [0.25, 0.3) is 0 Å². The predicted molar refractivity (Wildman–Crippen MR) is 78.2 cm³/mol.